The highest BCUT2D eigenvalue weighted by Gasteiger charge is 1.97. The summed E-state index contributed by atoms with van der Waals surface area (Å²) in [6.07, 6.45) is 4.68. The molecule has 0 saturated carbocycles. The Morgan fingerprint density at radius 2 is 2.10 bits per heavy atom. The molecule has 1 rings (SSSR count). The lowest BCUT2D eigenvalue weighted by Gasteiger charge is -1.99. The van der Waals surface area contributed by atoms with Crippen molar-refractivity contribution < 1.29 is 5.73 Å². The van der Waals surface area contributed by atoms with Crippen molar-refractivity contribution in [1.82, 2.24) is 4.98 Å². The molecule has 0 aliphatic rings. The SMILES string of the molecule is C[C@H]([NH3+])Cc1ccncc1. The van der Waals surface area contributed by atoms with E-state index < -0.39 is 0 Å². The monoisotopic (exact) mass is 137 g/mol. The number of rotatable bonds is 2. The molecule has 0 spiro atoms. The quantitative estimate of drug-likeness (QED) is 0.624. The molecule has 54 valence electrons. The maximum atomic E-state index is 3.93. The summed E-state index contributed by atoms with van der Waals surface area (Å²) in [4.78, 5) is 3.93. The predicted octanol–water partition coefficient (Wildman–Crippen LogP) is 0.254. The fourth-order valence-corrected chi connectivity index (χ4v) is 0.921. The van der Waals surface area contributed by atoms with E-state index >= 15 is 0 Å². The molecular weight excluding hydrogens is 124 g/mol. The number of hydrogen-bond acceptors (Lipinski definition) is 1. The van der Waals surface area contributed by atoms with Gasteiger partial charge in [0.15, 0.2) is 0 Å². The Balaban J connectivity index is 2.59. The van der Waals surface area contributed by atoms with E-state index in [9.17, 15) is 0 Å². The molecule has 10 heavy (non-hydrogen) atoms. The van der Waals surface area contributed by atoms with Gasteiger partial charge in [0, 0.05) is 18.8 Å². The minimum absolute atomic E-state index is 0.488. The summed E-state index contributed by atoms with van der Waals surface area (Å²) in [5.74, 6) is 0. The second-order valence-electron chi connectivity index (χ2n) is 2.66. The minimum atomic E-state index is 0.488. The van der Waals surface area contributed by atoms with Gasteiger partial charge < -0.3 is 5.73 Å². The number of nitrogens with zero attached hydrogens (tertiary/aromatic N) is 1. The van der Waals surface area contributed by atoms with E-state index in [4.69, 9.17) is 0 Å². The van der Waals surface area contributed by atoms with Crippen LogP contribution in [-0.2, 0) is 6.42 Å². The molecule has 0 bridgehead atoms. The third-order valence-electron chi connectivity index (χ3n) is 1.33. The van der Waals surface area contributed by atoms with Gasteiger partial charge in [-0.2, -0.15) is 0 Å². The highest BCUT2D eigenvalue weighted by Crippen LogP contribution is 1.97. The van der Waals surface area contributed by atoms with Crippen LogP contribution >= 0.6 is 0 Å². The maximum absolute atomic E-state index is 3.93. The molecule has 0 radical (unpaired) electrons. The van der Waals surface area contributed by atoms with Crippen molar-refractivity contribution in [1.29, 1.82) is 0 Å². The van der Waals surface area contributed by atoms with Crippen LogP contribution in [0.4, 0.5) is 0 Å². The standard InChI is InChI=1S/C8H12N2/c1-7(9)6-8-2-4-10-5-3-8/h2-5,7H,6,9H2,1H3/p+1/t7-/m0/s1. The molecule has 0 aliphatic heterocycles. The second kappa shape index (κ2) is 3.32. The van der Waals surface area contributed by atoms with E-state index in [2.05, 4.69) is 17.6 Å². The van der Waals surface area contributed by atoms with E-state index in [1.807, 2.05) is 24.5 Å². The van der Waals surface area contributed by atoms with Crippen LogP contribution in [0.5, 0.6) is 0 Å². The summed E-state index contributed by atoms with van der Waals surface area (Å²) in [6, 6.07) is 4.55. The van der Waals surface area contributed by atoms with Crippen LogP contribution in [-0.4, -0.2) is 11.0 Å². The third-order valence-corrected chi connectivity index (χ3v) is 1.33. The highest BCUT2D eigenvalue weighted by atomic mass is 14.6. The van der Waals surface area contributed by atoms with Gasteiger partial charge in [-0.05, 0) is 24.6 Å². The predicted molar refractivity (Wildman–Crippen MR) is 40.3 cm³/mol. The maximum Gasteiger partial charge on any atom is 0.0855 e. The van der Waals surface area contributed by atoms with E-state index in [1.54, 1.807) is 0 Å². The Kier molecular flexibility index (Phi) is 2.40. The first-order valence-corrected chi connectivity index (χ1v) is 3.51. The molecule has 0 amide bonds. The molecule has 0 saturated heterocycles. The smallest absolute Gasteiger partial charge is 0.0855 e. The average Bonchev–Trinajstić information content (AvgIpc) is 1.88. The van der Waals surface area contributed by atoms with E-state index in [0.717, 1.165) is 6.42 Å². The lowest BCUT2D eigenvalue weighted by molar-refractivity contribution is -0.413. The second-order valence-corrected chi connectivity index (χ2v) is 2.66. The van der Waals surface area contributed by atoms with Crippen molar-refractivity contribution in [2.45, 2.75) is 19.4 Å². The summed E-state index contributed by atoms with van der Waals surface area (Å²) in [5, 5.41) is 0. The average molecular weight is 137 g/mol. The molecule has 0 aliphatic carbocycles. The molecule has 2 heteroatoms. The Labute approximate surface area is 61.1 Å². The Hall–Kier alpha value is -0.890. The van der Waals surface area contributed by atoms with E-state index in [-0.39, 0.29) is 0 Å². The van der Waals surface area contributed by atoms with Gasteiger partial charge in [-0.25, -0.2) is 0 Å². The zero-order valence-corrected chi connectivity index (χ0v) is 6.25. The summed E-state index contributed by atoms with van der Waals surface area (Å²) in [5.41, 5.74) is 5.23. The van der Waals surface area contributed by atoms with Crippen LogP contribution < -0.4 is 5.73 Å². The van der Waals surface area contributed by atoms with Crippen LogP contribution in [0.1, 0.15) is 12.5 Å². The number of hydrogen-bond donors (Lipinski definition) is 1. The molecule has 1 aromatic rings. The van der Waals surface area contributed by atoms with Gasteiger partial charge in [-0.15, -0.1) is 0 Å². The summed E-state index contributed by atoms with van der Waals surface area (Å²) in [7, 11) is 0. The lowest BCUT2D eigenvalue weighted by atomic mass is 10.1. The first-order valence-electron chi connectivity index (χ1n) is 3.51. The summed E-state index contributed by atoms with van der Waals surface area (Å²) < 4.78 is 0. The van der Waals surface area contributed by atoms with Gasteiger partial charge in [0.2, 0.25) is 0 Å². The normalized spacial score (nSPS) is 13.0. The van der Waals surface area contributed by atoms with Crippen molar-refractivity contribution in [2.75, 3.05) is 0 Å². The zero-order valence-electron chi connectivity index (χ0n) is 6.25. The van der Waals surface area contributed by atoms with Crippen LogP contribution in [0.25, 0.3) is 0 Å². The molecule has 1 aromatic heterocycles. The summed E-state index contributed by atoms with van der Waals surface area (Å²) >= 11 is 0. The van der Waals surface area contributed by atoms with Crippen LogP contribution in [0, 0.1) is 0 Å². The largest absolute Gasteiger partial charge is 0.355 e. The molecule has 1 atom stereocenters. The van der Waals surface area contributed by atoms with Gasteiger partial charge in [0.1, 0.15) is 0 Å². The number of aromatic nitrogens is 1. The van der Waals surface area contributed by atoms with Gasteiger partial charge in [0.05, 0.1) is 6.04 Å². The Morgan fingerprint density at radius 3 is 2.60 bits per heavy atom. The topological polar surface area (TPSA) is 40.5 Å². The third kappa shape index (κ3) is 2.15. The van der Waals surface area contributed by atoms with Gasteiger partial charge in [-0.3, -0.25) is 4.98 Å². The van der Waals surface area contributed by atoms with E-state index in [0.29, 0.717) is 6.04 Å². The number of pyridine rings is 1. The Bertz CT molecular complexity index is 182. The molecule has 0 aromatic carbocycles. The van der Waals surface area contributed by atoms with Crippen molar-refractivity contribution >= 4 is 0 Å². The molecule has 0 fully saturated rings. The fourth-order valence-electron chi connectivity index (χ4n) is 0.921. The zero-order chi connectivity index (χ0) is 7.40. The molecular formula is C8H13N2+. The van der Waals surface area contributed by atoms with Crippen LogP contribution in [0.15, 0.2) is 24.5 Å². The molecule has 3 N–H and O–H groups in total. The Morgan fingerprint density at radius 1 is 1.50 bits per heavy atom. The van der Waals surface area contributed by atoms with Crippen molar-refractivity contribution in [3.63, 3.8) is 0 Å². The van der Waals surface area contributed by atoms with Gasteiger partial charge >= 0.3 is 0 Å². The lowest BCUT2D eigenvalue weighted by Crippen LogP contribution is -2.60. The van der Waals surface area contributed by atoms with Gasteiger partial charge in [-0.1, -0.05) is 0 Å². The highest BCUT2D eigenvalue weighted by molar-refractivity contribution is 5.10. The molecule has 1 heterocycles. The van der Waals surface area contributed by atoms with Crippen molar-refractivity contribution in [2.24, 2.45) is 0 Å². The minimum Gasteiger partial charge on any atom is -0.355 e. The molecule has 2 nitrogen and oxygen atoms in total. The van der Waals surface area contributed by atoms with E-state index in [1.165, 1.54) is 5.56 Å². The molecule has 0 unspecified atom stereocenters. The number of quaternary nitrogens is 1. The van der Waals surface area contributed by atoms with Crippen molar-refractivity contribution in [3.8, 4) is 0 Å². The van der Waals surface area contributed by atoms with Gasteiger partial charge in [0.25, 0.3) is 0 Å². The first kappa shape index (κ1) is 7.22. The van der Waals surface area contributed by atoms with Crippen LogP contribution in [0.3, 0.4) is 0 Å². The first-order chi connectivity index (χ1) is 4.79. The van der Waals surface area contributed by atoms with Crippen LogP contribution in [0.2, 0.25) is 0 Å². The summed E-state index contributed by atoms with van der Waals surface area (Å²) in [6.45, 7) is 2.11. The van der Waals surface area contributed by atoms with Crippen molar-refractivity contribution in [3.05, 3.63) is 30.1 Å². The fraction of sp³-hybridized carbons (Fsp3) is 0.375.